The number of nitrogens with zero attached hydrogens (tertiary/aromatic N) is 6. The summed E-state index contributed by atoms with van der Waals surface area (Å²) >= 11 is 0. The number of sulfonamides is 1. The molecule has 0 bridgehead atoms. The highest BCUT2D eigenvalue weighted by molar-refractivity contribution is 7.90. The molecule has 0 unspecified atom stereocenters. The summed E-state index contributed by atoms with van der Waals surface area (Å²) in [6.45, 7) is -0.632. The molecule has 194 valence electrons. The third kappa shape index (κ3) is 5.50. The van der Waals surface area contributed by atoms with E-state index in [2.05, 4.69) is 15.2 Å². The Morgan fingerprint density at radius 1 is 1.06 bits per heavy atom. The number of piperazine rings is 1. The van der Waals surface area contributed by atoms with Crippen LogP contribution in [0.2, 0.25) is 0 Å². The van der Waals surface area contributed by atoms with Gasteiger partial charge < -0.3 is 4.42 Å². The van der Waals surface area contributed by atoms with Crippen LogP contribution < -0.4 is 4.31 Å². The van der Waals surface area contributed by atoms with Crippen LogP contribution in [0.4, 0.5) is 18.9 Å². The molecule has 1 aliphatic rings. The van der Waals surface area contributed by atoms with Gasteiger partial charge in [0.15, 0.2) is 0 Å². The molecule has 16 heteroatoms. The minimum absolute atomic E-state index is 0.0189. The summed E-state index contributed by atoms with van der Waals surface area (Å²) in [7, 11) is -7.69. The van der Waals surface area contributed by atoms with E-state index in [1.165, 1.54) is 41.0 Å². The van der Waals surface area contributed by atoms with Crippen molar-refractivity contribution in [2.75, 3.05) is 36.7 Å². The maximum atomic E-state index is 15.0. The van der Waals surface area contributed by atoms with E-state index in [4.69, 9.17) is 4.42 Å². The molecule has 1 aliphatic heterocycles. The van der Waals surface area contributed by atoms with Crippen LogP contribution in [0.25, 0.3) is 11.5 Å². The number of hydrogen-bond acceptors (Lipinski definition) is 8. The standard InChI is InChI=1S/C20H21F3N6O5S2/c1-35(30,31)27-7-9-28(10-8-27)36(32,33)29(16-3-2-6-24-12-16)13-15-5-4-14(11-17(15)21)19-25-26-20(34-19)18(22)23/h2-6,11-12,18H,7-10,13H2,1H3. The van der Waals surface area contributed by atoms with E-state index < -0.39 is 44.9 Å². The fraction of sp³-hybridized carbons (Fsp3) is 0.350. The summed E-state index contributed by atoms with van der Waals surface area (Å²) in [5, 5.41) is 6.69. The van der Waals surface area contributed by atoms with Crippen LogP contribution in [-0.4, -0.2) is 73.1 Å². The first-order valence-electron chi connectivity index (χ1n) is 10.5. The lowest BCUT2D eigenvalue weighted by Gasteiger charge is -2.36. The predicted octanol–water partition coefficient (Wildman–Crippen LogP) is 2.04. The Kier molecular flexibility index (Phi) is 7.31. The molecule has 3 aromatic rings. The van der Waals surface area contributed by atoms with Crippen molar-refractivity contribution in [1.82, 2.24) is 23.8 Å². The van der Waals surface area contributed by atoms with Crippen molar-refractivity contribution in [3.8, 4) is 11.5 Å². The highest BCUT2D eigenvalue weighted by Gasteiger charge is 2.35. The first-order valence-corrected chi connectivity index (χ1v) is 13.7. The maximum absolute atomic E-state index is 15.0. The summed E-state index contributed by atoms with van der Waals surface area (Å²) < 4.78 is 99.2. The van der Waals surface area contributed by atoms with Gasteiger partial charge in [0.05, 0.1) is 24.7 Å². The largest absolute Gasteiger partial charge is 0.415 e. The van der Waals surface area contributed by atoms with E-state index in [-0.39, 0.29) is 48.9 Å². The summed E-state index contributed by atoms with van der Waals surface area (Å²) in [5.74, 6) is -2.04. The van der Waals surface area contributed by atoms with Crippen molar-refractivity contribution < 1.29 is 34.4 Å². The Morgan fingerprint density at radius 3 is 2.31 bits per heavy atom. The molecule has 1 saturated heterocycles. The number of anilines is 1. The molecular weight excluding hydrogens is 525 g/mol. The van der Waals surface area contributed by atoms with E-state index in [9.17, 15) is 25.6 Å². The van der Waals surface area contributed by atoms with Crippen LogP contribution in [0.15, 0.2) is 47.1 Å². The zero-order chi connectivity index (χ0) is 26.1. The quantitative estimate of drug-likeness (QED) is 0.420. The molecule has 2 aromatic heterocycles. The molecule has 1 fully saturated rings. The fourth-order valence-electron chi connectivity index (χ4n) is 3.58. The van der Waals surface area contributed by atoms with Crippen LogP contribution in [0.1, 0.15) is 17.9 Å². The Hall–Kier alpha value is -3.08. The Bertz CT molecular complexity index is 1430. The van der Waals surface area contributed by atoms with Gasteiger partial charge in [-0.3, -0.25) is 9.29 Å². The minimum Gasteiger partial charge on any atom is -0.415 e. The molecular formula is C20H21F3N6O5S2. The molecule has 0 radical (unpaired) electrons. The topological polar surface area (TPSA) is 130 Å². The van der Waals surface area contributed by atoms with Gasteiger partial charge in [-0.25, -0.2) is 12.8 Å². The Morgan fingerprint density at radius 2 is 1.75 bits per heavy atom. The monoisotopic (exact) mass is 546 g/mol. The second-order valence-electron chi connectivity index (χ2n) is 7.84. The van der Waals surface area contributed by atoms with Crippen molar-refractivity contribution >= 4 is 25.9 Å². The summed E-state index contributed by atoms with van der Waals surface area (Å²) in [6.07, 6.45) is 0.828. The van der Waals surface area contributed by atoms with E-state index in [0.717, 1.165) is 20.9 Å². The van der Waals surface area contributed by atoms with Gasteiger partial charge in [0.25, 0.3) is 5.89 Å². The maximum Gasteiger partial charge on any atom is 0.314 e. The lowest BCUT2D eigenvalue weighted by Crippen LogP contribution is -2.54. The number of alkyl halides is 2. The lowest BCUT2D eigenvalue weighted by molar-refractivity contribution is 0.116. The number of aromatic nitrogens is 3. The van der Waals surface area contributed by atoms with Gasteiger partial charge in [0.2, 0.25) is 15.9 Å². The van der Waals surface area contributed by atoms with Gasteiger partial charge in [-0.15, -0.1) is 10.2 Å². The van der Waals surface area contributed by atoms with Gasteiger partial charge in [-0.1, -0.05) is 6.07 Å². The van der Waals surface area contributed by atoms with E-state index in [1.54, 1.807) is 0 Å². The van der Waals surface area contributed by atoms with Crippen molar-refractivity contribution in [2.24, 2.45) is 0 Å². The molecule has 36 heavy (non-hydrogen) atoms. The van der Waals surface area contributed by atoms with Gasteiger partial charge in [-0.05, 0) is 24.3 Å². The molecule has 4 rings (SSSR count). The summed E-state index contributed by atoms with van der Waals surface area (Å²) in [6, 6.07) is 6.64. The molecule has 0 saturated carbocycles. The van der Waals surface area contributed by atoms with Gasteiger partial charge in [0, 0.05) is 43.5 Å². The smallest absolute Gasteiger partial charge is 0.314 e. The van der Waals surface area contributed by atoms with Crippen LogP contribution in [0.5, 0.6) is 0 Å². The van der Waals surface area contributed by atoms with E-state index >= 15 is 4.39 Å². The third-order valence-corrected chi connectivity index (χ3v) is 8.66. The molecule has 1 aromatic carbocycles. The van der Waals surface area contributed by atoms with Crippen molar-refractivity contribution in [3.05, 3.63) is 60.0 Å². The number of rotatable bonds is 8. The average Bonchev–Trinajstić information content (AvgIpc) is 3.34. The van der Waals surface area contributed by atoms with Crippen molar-refractivity contribution in [3.63, 3.8) is 0 Å². The minimum atomic E-state index is -4.22. The third-order valence-electron chi connectivity index (χ3n) is 5.45. The zero-order valence-corrected chi connectivity index (χ0v) is 20.5. The zero-order valence-electron chi connectivity index (χ0n) is 18.8. The van der Waals surface area contributed by atoms with Gasteiger partial charge >= 0.3 is 16.6 Å². The van der Waals surface area contributed by atoms with Crippen LogP contribution in [0, 0.1) is 5.82 Å². The normalized spacial score (nSPS) is 15.9. The first kappa shape index (κ1) is 26.0. The molecule has 0 spiro atoms. The summed E-state index contributed by atoms with van der Waals surface area (Å²) in [4.78, 5) is 3.95. The number of halogens is 3. The highest BCUT2D eigenvalue weighted by Crippen LogP contribution is 2.28. The Balaban J connectivity index is 1.61. The van der Waals surface area contributed by atoms with Gasteiger partial charge in [-0.2, -0.15) is 25.8 Å². The van der Waals surface area contributed by atoms with Crippen LogP contribution >= 0.6 is 0 Å². The highest BCUT2D eigenvalue weighted by atomic mass is 32.2. The van der Waals surface area contributed by atoms with Crippen molar-refractivity contribution in [1.29, 1.82) is 0 Å². The predicted molar refractivity (Wildman–Crippen MR) is 122 cm³/mol. The van der Waals surface area contributed by atoms with E-state index in [1.807, 2.05) is 0 Å². The van der Waals surface area contributed by atoms with Crippen LogP contribution in [-0.2, 0) is 26.8 Å². The molecule has 3 heterocycles. The van der Waals surface area contributed by atoms with Gasteiger partial charge in [0.1, 0.15) is 5.82 Å². The SMILES string of the molecule is CS(=O)(=O)N1CCN(S(=O)(=O)N(Cc2ccc(-c3nnc(C(F)F)o3)cc2F)c2cccnc2)CC1. The molecule has 0 aliphatic carbocycles. The van der Waals surface area contributed by atoms with Crippen molar-refractivity contribution in [2.45, 2.75) is 13.0 Å². The number of hydrogen-bond donors (Lipinski definition) is 0. The van der Waals surface area contributed by atoms with E-state index in [0.29, 0.717) is 0 Å². The molecule has 11 nitrogen and oxygen atoms in total. The molecule has 0 N–H and O–H groups in total. The van der Waals surface area contributed by atoms with Crippen LogP contribution in [0.3, 0.4) is 0 Å². The first-order chi connectivity index (χ1) is 17.0. The number of benzene rings is 1. The Labute approximate surface area is 205 Å². The lowest BCUT2D eigenvalue weighted by atomic mass is 10.1. The molecule has 0 atom stereocenters. The fourth-order valence-corrected chi connectivity index (χ4v) is 5.99. The second-order valence-corrected chi connectivity index (χ2v) is 11.7. The second kappa shape index (κ2) is 10.1. The summed E-state index contributed by atoms with van der Waals surface area (Å²) in [5.41, 5.74) is 0.197. The average molecular weight is 547 g/mol. The number of pyridine rings is 1. The molecule has 0 amide bonds.